The van der Waals surface area contributed by atoms with Crippen molar-refractivity contribution in [3.63, 3.8) is 0 Å². The normalized spacial score (nSPS) is 22.4. The van der Waals surface area contributed by atoms with Crippen molar-refractivity contribution in [3.05, 3.63) is 69.4 Å². The molecule has 0 bridgehead atoms. The monoisotopic (exact) mass is 505 g/mol. The van der Waals surface area contributed by atoms with E-state index in [2.05, 4.69) is 62.6 Å². The molecule has 3 aromatic heterocycles. The van der Waals surface area contributed by atoms with Crippen LogP contribution in [0.2, 0.25) is 0 Å². The first kappa shape index (κ1) is 23.8. The number of carbonyl (C=O) groups excluding carboxylic acids is 2. The molecule has 4 heterocycles. The van der Waals surface area contributed by atoms with Crippen molar-refractivity contribution in [1.29, 1.82) is 0 Å². The maximum atomic E-state index is 11.8. The SMILES string of the molecule is CC(NC1CCC(Cc2nccc(/C=C3\SC(=O)NC3=O)n2)CC1)c1cccc(-c2ccsc2)n1. The van der Waals surface area contributed by atoms with Crippen molar-refractivity contribution in [2.24, 2.45) is 5.92 Å². The summed E-state index contributed by atoms with van der Waals surface area (Å²) in [4.78, 5) is 37.5. The Morgan fingerprint density at radius 3 is 2.74 bits per heavy atom. The number of amides is 2. The minimum absolute atomic E-state index is 0.195. The van der Waals surface area contributed by atoms with Crippen LogP contribution in [0.5, 0.6) is 0 Å². The van der Waals surface area contributed by atoms with E-state index >= 15 is 0 Å². The van der Waals surface area contributed by atoms with Gasteiger partial charge >= 0.3 is 0 Å². The zero-order valence-corrected chi connectivity index (χ0v) is 21.1. The van der Waals surface area contributed by atoms with Gasteiger partial charge in [0.25, 0.3) is 11.1 Å². The second-order valence-corrected chi connectivity index (χ2v) is 10.8. The molecule has 35 heavy (non-hydrogen) atoms. The summed E-state index contributed by atoms with van der Waals surface area (Å²) in [6, 6.07) is 10.8. The zero-order chi connectivity index (χ0) is 24.2. The van der Waals surface area contributed by atoms with Crippen LogP contribution in [0.15, 0.2) is 52.2 Å². The van der Waals surface area contributed by atoms with E-state index < -0.39 is 0 Å². The fraction of sp³-hybridized carbons (Fsp3) is 0.346. The summed E-state index contributed by atoms with van der Waals surface area (Å²) in [5, 5.41) is 9.92. The lowest BCUT2D eigenvalue weighted by Gasteiger charge is -2.31. The van der Waals surface area contributed by atoms with Crippen molar-refractivity contribution in [2.75, 3.05) is 0 Å². The van der Waals surface area contributed by atoms with E-state index in [0.717, 1.165) is 61.1 Å². The molecule has 0 radical (unpaired) electrons. The van der Waals surface area contributed by atoms with Gasteiger partial charge in [0.05, 0.1) is 22.0 Å². The number of pyridine rings is 1. The lowest BCUT2D eigenvalue weighted by molar-refractivity contribution is -0.115. The van der Waals surface area contributed by atoms with E-state index in [4.69, 9.17) is 4.98 Å². The summed E-state index contributed by atoms with van der Waals surface area (Å²) >= 11 is 2.59. The van der Waals surface area contributed by atoms with Crippen molar-refractivity contribution in [2.45, 2.75) is 51.1 Å². The molecule has 1 saturated carbocycles. The molecular weight excluding hydrogens is 478 g/mol. The third-order valence-corrected chi connectivity index (χ3v) is 7.98. The Balaban J connectivity index is 1.14. The molecule has 7 nitrogen and oxygen atoms in total. The molecule has 2 aliphatic rings. The molecule has 1 aliphatic heterocycles. The van der Waals surface area contributed by atoms with Crippen molar-refractivity contribution in [1.82, 2.24) is 25.6 Å². The van der Waals surface area contributed by atoms with Crippen LogP contribution in [0.4, 0.5) is 4.79 Å². The summed E-state index contributed by atoms with van der Waals surface area (Å²) in [6.07, 6.45) is 8.66. The van der Waals surface area contributed by atoms with Crippen molar-refractivity contribution in [3.8, 4) is 11.3 Å². The van der Waals surface area contributed by atoms with Crippen LogP contribution in [0.3, 0.4) is 0 Å². The van der Waals surface area contributed by atoms with E-state index in [9.17, 15) is 9.59 Å². The van der Waals surface area contributed by atoms with Crippen molar-refractivity contribution < 1.29 is 9.59 Å². The first-order chi connectivity index (χ1) is 17.0. The smallest absolute Gasteiger partial charge is 0.290 e. The van der Waals surface area contributed by atoms with Gasteiger partial charge in [-0.1, -0.05) is 6.07 Å². The highest BCUT2D eigenvalue weighted by molar-refractivity contribution is 8.18. The maximum Gasteiger partial charge on any atom is 0.290 e. The Morgan fingerprint density at radius 2 is 2.00 bits per heavy atom. The van der Waals surface area contributed by atoms with Gasteiger partial charge in [0.15, 0.2) is 0 Å². The van der Waals surface area contributed by atoms with Gasteiger partial charge < -0.3 is 5.32 Å². The topological polar surface area (TPSA) is 96.9 Å². The summed E-state index contributed by atoms with van der Waals surface area (Å²) < 4.78 is 0. The van der Waals surface area contributed by atoms with Crippen LogP contribution < -0.4 is 10.6 Å². The first-order valence-corrected chi connectivity index (χ1v) is 13.6. The predicted octanol–water partition coefficient (Wildman–Crippen LogP) is 5.38. The summed E-state index contributed by atoms with van der Waals surface area (Å²) in [7, 11) is 0. The molecule has 9 heteroatoms. The molecule has 1 unspecified atom stereocenters. The zero-order valence-electron chi connectivity index (χ0n) is 19.4. The van der Waals surface area contributed by atoms with Gasteiger partial charge in [0, 0.05) is 35.6 Å². The standard InChI is InChI=1S/C26H27N5O2S2/c1-16(21-3-2-4-22(30-21)18-10-12-34-15-18)28-19-7-5-17(6-8-19)13-24-27-11-9-20(29-24)14-23-25(32)31-26(33)35-23/h2-4,9-12,14-17,19,28H,5-8,13H2,1H3,(H,31,32,33)/b23-14-. The first-order valence-electron chi connectivity index (χ1n) is 11.9. The van der Waals surface area contributed by atoms with Gasteiger partial charge in [-0.05, 0) is 86.0 Å². The van der Waals surface area contributed by atoms with Crippen LogP contribution in [-0.4, -0.2) is 32.1 Å². The van der Waals surface area contributed by atoms with Crippen LogP contribution in [0.25, 0.3) is 17.3 Å². The van der Waals surface area contributed by atoms with Gasteiger partial charge in [0.2, 0.25) is 0 Å². The van der Waals surface area contributed by atoms with Gasteiger partial charge in [-0.25, -0.2) is 9.97 Å². The quantitative estimate of drug-likeness (QED) is 0.416. The molecule has 1 atom stereocenters. The molecule has 2 N–H and O–H groups in total. The molecule has 3 aromatic rings. The number of hydrogen-bond donors (Lipinski definition) is 2. The summed E-state index contributed by atoms with van der Waals surface area (Å²) in [5.74, 6) is 0.957. The second-order valence-electron chi connectivity index (χ2n) is 9.02. The Hall–Kier alpha value is -2.88. The lowest BCUT2D eigenvalue weighted by Crippen LogP contribution is -2.35. The fourth-order valence-electron chi connectivity index (χ4n) is 4.64. The molecule has 5 rings (SSSR count). The maximum absolute atomic E-state index is 11.8. The molecule has 180 valence electrons. The Morgan fingerprint density at radius 1 is 1.14 bits per heavy atom. The number of thiophene rings is 1. The Labute approximate surface area is 212 Å². The van der Waals surface area contributed by atoms with Crippen LogP contribution >= 0.6 is 23.1 Å². The van der Waals surface area contributed by atoms with E-state index in [1.165, 1.54) is 5.56 Å². The highest BCUT2D eigenvalue weighted by Gasteiger charge is 2.26. The van der Waals surface area contributed by atoms with E-state index in [0.29, 0.717) is 22.6 Å². The number of aromatic nitrogens is 3. The summed E-state index contributed by atoms with van der Waals surface area (Å²) in [6.45, 7) is 2.19. The average Bonchev–Trinajstić information content (AvgIpc) is 3.50. The highest BCUT2D eigenvalue weighted by Crippen LogP contribution is 2.29. The minimum Gasteiger partial charge on any atom is -0.306 e. The Kier molecular flexibility index (Phi) is 7.36. The molecule has 1 aliphatic carbocycles. The van der Waals surface area contributed by atoms with E-state index in [-0.39, 0.29) is 17.2 Å². The fourth-order valence-corrected chi connectivity index (χ4v) is 5.96. The van der Waals surface area contributed by atoms with E-state index in [1.54, 1.807) is 29.7 Å². The molecule has 0 spiro atoms. The van der Waals surface area contributed by atoms with Gasteiger partial charge in [-0.15, -0.1) is 0 Å². The van der Waals surface area contributed by atoms with Gasteiger partial charge in [-0.3, -0.25) is 19.9 Å². The van der Waals surface area contributed by atoms with Gasteiger partial charge in [-0.2, -0.15) is 11.3 Å². The molecule has 0 aromatic carbocycles. The molecule has 2 amide bonds. The number of hydrogen-bond acceptors (Lipinski definition) is 8. The highest BCUT2D eigenvalue weighted by atomic mass is 32.2. The Bertz CT molecular complexity index is 1240. The number of rotatable bonds is 7. The van der Waals surface area contributed by atoms with Gasteiger partial charge in [0.1, 0.15) is 5.82 Å². The van der Waals surface area contributed by atoms with Crippen LogP contribution in [-0.2, 0) is 11.2 Å². The van der Waals surface area contributed by atoms with E-state index in [1.807, 2.05) is 0 Å². The predicted molar refractivity (Wildman–Crippen MR) is 140 cm³/mol. The molecule has 2 fully saturated rings. The summed E-state index contributed by atoms with van der Waals surface area (Å²) in [5.41, 5.74) is 3.93. The number of thioether (sulfide) groups is 1. The second kappa shape index (κ2) is 10.8. The third kappa shape index (κ3) is 6.04. The van der Waals surface area contributed by atoms with Crippen LogP contribution in [0.1, 0.15) is 55.9 Å². The van der Waals surface area contributed by atoms with Crippen LogP contribution in [0, 0.1) is 5.92 Å². The lowest BCUT2D eigenvalue weighted by atomic mass is 9.83. The number of nitrogens with one attached hydrogen (secondary N) is 2. The number of nitrogens with zero attached hydrogens (tertiary/aromatic N) is 3. The molecule has 1 saturated heterocycles. The number of carbonyl (C=O) groups is 2. The number of imide groups is 1. The largest absolute Gasteiger partial charge is 0.306 e. The van der Waals surface area contributed by atoms with Crippen molar-refractivity contribution >= 4 is 40.3 Å². The molecular formula is C26H27N5O2S2. The minimum atomic E-state index is -0.367. The third-order valence-electron chi connectivity index (χ3n) is 6.48. The average molecular weight is 506 g/mol.